The summed E-state index contributed by atoms with van der Waals surface area (Å²) in [6.07, 6.45) is 5.05. The first-order valence-corrected chi connectivity index (χ1v) is 6.30. The molecule has 0 saturated carbocycles. The summed E-state index contributed by atoms with van der Waals surface area (Å²) < 4.78 is 1.95. The second kappa shape index (κ2) is 4.30. The third-order valence-electron chi connectivity index (χ3n) is 3.29. The molecule has 0 aliphatic heterocycles. The van der Waals surface area contributed by atoms with Crippen LogP contribution in [0.25, 0.3) is 16.5 Å². The predicted octanol–water partition coefficient (Wildman–Crippen LogP) is 3.90. The normalized spacial score (nSPS) is 11.0. The Hall–Kier alpha value is -2.09. The molecular formula is C16H16N2. The van der Waals surface area contributed by atoms with E-state index < -0.39 is 0 Å². The van der Waals surface area contributed by atoms with Crippen LogP contribution in [-0.4, -0.2) is 9.78 Å². The summed E-state index contributed by atoms with van der Waals surface area (Å²) in [6, 6.07) is 13.0. The van der Waals surface area contributed by atoms with Crippen molar-refractivity contribution in [3.05, 3.63) is 59.9 Å². The molecular weight excluding hydrogens is 220 g/mol. The highest BCUT2D eigenvalue weighted by molar-refractivity contribution is 5.85. The molecule has 2 aromatic carbocycles. The second-order valence-electron chi connectivity index (χ2n) is 4.68. The van der Waals surface area contributed by atoms with Crippen LogP contribution in [0.15, 0.2) is 48.8 Å². The molecule has 18 heavy (non-hydrogen) atoms. The second-order valence-corrected chi connectivity index (χ2v) is 4.68. The van der Waals surface area contributed by atoms with Crippen molar-refractivity contribution in [3.8, 4) is 5.69 Å². The van der Waals surface area contributed by atoms with Crippen molar-refractivity contribution in [1.82, 2.24) is 9.78 Å². The Morgan fingerprint density at radius 2 is 1.89 bits per heavy atom. The van der Waals surface area contributed by atoms with Crippen LogP contribution < -0.4 is 0 Å². The average Bonchev–Trinajstić information content (AvgIpc) is 2.86. The van der Waals surface area contributed by atoms with E-state index in [1.165, 1.54) is 21.9 Å². The maximum absolute atomic E-state index is 4.40. The van der Waals surface area contributed by atoms with Gasteiger partial charge in [-0.25, -0.2) is 4.68 Å². The largest absolute Gasteiger partial charge is 0.241 e. The van der Waals surface area contributed by atoms with E-state index in [2.05, 4.69) is 61.5 Å². The Morgan fingerprint density at radius 3 is 2.67 bits per heavy atom. The Morgan fingerprint density at radius 1 is 1.06 bits per heavy atom. The average molecular weight is 236 g/mol. The van der Waals surface area contributed by atoms with E-state index in [0.717, 1.165) is 12.1 Å². The van der Waals surface area contributed by atoms with E-state index in [1.807, 2.05) is 10.9 Å². The van der Waals surface area contributed by atoms with Crippen molar-refractivity contribution in [2.45, 2.75) is 20.3 Å². The van der Waals surface area contributed by atoms with Gasteiger partial charge in [0.15, 0.2) is 0 Å². The number of aromatic nitrogens is 2. The van der Waals surface area contributed by atoms with Gasteiger partial charge >= 0.3 is 0 Å². The molecule has 0 unspecified atom stereocenters. The van der Waals surface area contributed by atoms with Gasteiger partial charge < -0.3 is 0 Å². The Kier molecular flexibility index (Phi) is 2.63. The lowest BCUT2D eigenvalue weighted by Gasteiger charge is -2.04. The third kappa shape index (κ3) is 1.90. The van der Waals surface area contributed by atoms with Crippen LogP contribution in [0, 0.1) is 6.92 Å². The van der Waals surface area contributed by atoms with Crippen molar-refractivity contribution in [2.24, 2.45) is 0 Å². The molecule has 3 aromatic rings. The van der Waals surface area contributed by atoms with Crippen molar-refractivity contribution < 1.29 is 0 Å². The highest BCUT2D eigenvalue weighted by atomic mass is 15.3. The van der Waals surface area contributed by atoms with Gasteiger partial charge in [-0.1, -0.05) is 36.8 Å². The number of benzene rings is 2. The molecule has 0 fully saturated rings. The molecule has 0 aliphatic carbocycles. The van der Waals surface area contributed by atoms with Crippen LogP contribution in [0.5, 0.6) is 0 Å². The summed E-state index contributed by atoms with van der Waals surface area (Å²) in [5.41, 5.74) is 3.67. The molecule has 1 heterocycles. The number of hydrogen-bond acceptors (Lipinski definition) is 1. The van der Waals surface area contributed by atoms with Crippen LogP contribution in [-0.2, 0) is 6.42 Å². The number of rotatable bonds is 2. The fraction of sp³-hybridized carbons (Fsp3) is 0.188. The van der Waals surface area contributed by atoms with Gasteiger partial charge in [0.1, 0.15) is 0 Å². The minimum Gasteiger partial charge on any atom is -0.241 e. The molecule has 0 radical (unpaired) electrons. The molecule has 0 bridgehead atoms. The molecule has 3 rings (SSSR count). The van der Waals surface area contributed by atoms with Gasteiger partial charge in [0, 0.05) is 6.20 Å². The first kappa shape index (κ1) is 11.0. The van der Waals surface area contributed by atoms with Gasteiger partial charge in [0.25, 0.3) is 0 Å². The van der Waals surface area contributed by atoms with Gasteiger partial charge in [-0.15, -0.1) is 0 Å². The van der Waals surface area contributed by atoms with Gasteiger partial charge in [0.05, 0.1) is 11.9 Å². The first-order chi connectivity index (χ1) is 8.76. The van der Waals surface area contributed by atoms with Crippen LogP contribution in [0.4, 0.5) is 0 Å². The maximum atomic E-state index is 4.40. The zero-order valence-electron chi connectivity index (χ0n) is 10.7. The van der Waals surface area contributed by atoms with Crippen molar-refractivity contribution >= 4 is 10.8 Å². The molecule has 0 aliphatic rings. The van der Waals surface area contributed by atoms with Crippen LogP contribution >= 0.6 is 0 Å². The number of hydrogen-bond donors (Lipinski definition) is 0. The Balaban J connectivity index is 2.12. The minimum absolute atomic E-state index is 1.02. The topological polar surface area (TPSA) is 17.8 Å². The van der Waals surface area contributed by atoms with E-state index >= 15 is 0 Å². The van der Waals surface area contributed by atoms with Gasteiger partial charge in [-0.3, -0.25) is 0 Å². The lowest BCUT2D eigenvalue weighted by Crippen LogP contribution is -1.93. The molecule has 0 atom stereocenters. The Bertz CT molecular complexity index is 695. The lowest BCUT2D eigenvalue weighted by molar-refractivity contribution is 0.881. The zero-order chi connectivity index (χ0) is 12.5. The standard InChI is InChI=1S/C16H16N2/c1-3-13-10-17-18(11-13)16-7-6-14-5-4-12(2)8-15(14)9-16/h4-11H,3H2,1-2H3. The van der Waals surface area contributed by atoms with Crippen LogP contribution in [0.3, 0.4) is 0 Å². The SMILES string of the molecule is CCc1cnn(-c2ccc3ccc(C)cc3c2)c1. The molecule has 0 spiro atoms. The van der Waals surface area contributed by atoms with Gasteiger partial charge in [-0.2, -0.15) is 5.10 Å². The molecule has 0 N–H and O–H groups in total. The summed E-state index contributed by atoms with van der Waals surface area (Å²) in [5.74, 6) is 0. The summed E-state index contributed by atoms with van der Waals surface area (Å²) in [5, 5.41) is 6.94. The summed E-state index contributed by atoms with van der Waals surface area (Å²) in [4.78, 5) is 0. The summed E-state index contributed by atoms with van der Waals surface area (Å²) >= 11 is 0. The van der Waals surface area contributed by atoms with Crippen LogP contribution in [0.2, 0.25) is 0 Å². The molecule has 0 saturated heterocycles. The maximum Gasteiger partial charge on any atom is 0.0652 e. The summed E-state index contributed by atoms with van der Waals surface area (Å²) in [6.45, 7) is 4.26. The number of aryl methyl sites for hydroxylation is 2. The van der Waals surface area contributed by atoms with Crippen LogP contribution in [0.1, 0.15) is 18.1 Å². The highest BCUT2D eigenvalue weighted by Gasteiger charge is 2.01. The Labute approximate surface area is 107 Å². The molecule has 2 nitrogen and oxygen atoms in total. The summed E-state index contributed by atoms with van der Waals surface area (Å²) in [7, 11) is 0. The van der Waals surface area contributed by atoms with Crippen molar-refractivity contribution in [3.63, 3.8) is 0 Å². The van der Waals surface area contributed by atoms with E-state index in [0.29, 0.717) is 0 Å². The molecule has 2 heteroatoms. The van der Waals surface area contributed by atoms with Gasteiger partial charge in [-0.05, 0) is 41.8 Å². The number of nitrogens with zero attached hydrogens (tertiary/aromatic N) is 2. The highest BCUT2D eigenvalue weighted by Crippen LogP contribution is 2.20. The fourth-order valence-corrected chi connectivity index (χ4v) is 2.18. The van der Waals surface area contributed by atoms with E-state index in [4.69, 9.17) is 0 Å². The minimum atomic E-state index is 1.02. The van der Waals surface area contributed by atoms with Gasteiger partial charge in [0.2, 0.25) is 0 Å². The van der Waals surface area contributed by atoms with E-state index in [-0.39, 0.29) is 0 Å². The molecule has 1 aromatic heterocycles. The fourth-order valence-electron chi connectivity index (χ4n) is 2.18. The number of fused-ring (bicyclic) bond motifs is 1. The zero-order valence-corrected chi connectivity index (χ0v) is 10.7. The van der Waals surface area contributed by atoms with Crippen molar-refractivity contribution in [2.75, 3.05) is 0 Å². The van der Waals surface area contributed by atoms with Crippen molar-refractivity contribution in [1.29, 1.82) is 0 Å². The predicted molar refractivity (Wildman–Crippen MR) is 75.2 cm³/mol. The monoisotopic (exact) mass is 236 g/mol. The van der Waals surface area contributed by atoms with E-state index in [1.54, 1.807) is 0 Å². The quantitative estimate of drug-likeness (QED) is 0.660. The smallest absolute Gasteiger partial charge is 0.0652 e. The first-order valence-electron chi connectivity index (χ1n) is 6.30. The molecule has 0 amide bonds. The van der Waals surface area contributed by atoms with E-state index in [9.17, 15) is 0 Å². The lowest BCUT2D eigenvalue weighted by atomic mass is 10.1. The molecule has 90 valence electrons. The third-order valence-corrected chi connectivity index (χ3v) is 3.29.